The van der Waals surface area contributed by atoms with E-state index in [0.717, 1.165) is 0 Å². The predicted octanol–water partition coefficient (Wildman–Crippen LogP) is 2.13. The van der Waals surface area contributed by atoms with Gasteiger partial charge in [-0.25, -0.2) is 9.18 Å². The van der Waals surface area contributed by atoms with Crippen molar-refractivity contribution in [3.63, 3.8) is 0 Å². The number of aliphatic carboxylic acids is 1. The van der Waals surface area contributed by atoms with Crippen molar-refractivity contribution in [3.8, 4) is 0 Å². The van der Waals surface area contributed by atoms with Crippen molar-refractivity contribution in [2.75, 3.05) is 6.54 Å². The molecule has 0 aliphatic heterocycles. The van der Waals surface area contributed by atoms with Crippen LogP contribution in [0.25, 0.3) is 0 Å². The van der Waals surface area contributed by atoms with Crippen molar-refractivity contribution >= 4 is 12.4 Å². The number of aryl methyl sites for hydroxylation is 1. The highest BCUT2D eigenvalue weighted by molar-refractivity contribution is 5.78. The molecule has 1 N–H and O–H groups in total. The topological polar surface area (TPSA) is 57.6 Å². The Balaban J connectivity index is 3.22. The molecule has 5 heteroatoms. The number of rotatable bonds is 6. The maximum atomic E-state index is 13.2. The summed E-state index contributed by atoms with van der Waals surface area (Å²) in [7, 11) is 0. The first kappa shape index (κ1) is 14.2. The summed E-state index contributed by atoms with van der Waals surface area (Å²) in [5, 5.41) is 9.25. The number of carbonyl (C=O) groups is 2. The first-order chi connectivity index (χ1) is 8.51. The number of amides is 1. The van der Waals surface area contributed by atoms with E-state index in [9.17, 15) is 19.1 Å². The van der Waals surface area contributed by atoms with E-state index >= 15 is 0 Å². The molecule has 1 unspecified atom stereocenters. The van der Waals surface area contributed by atoms with Gasteiger partial charge < -0.3 is 10.0 Å². The van der Waals surface area contributed by atoms with E-state index in [4.69, 9.17) is 0 Å². The van der Waals surface area contributed by atoms with Gasteiger partial charge in [-0.05, 0) is 36.6 Å². The second-order valence-electron chi connectivity index (χ2n) is 4.08. The average molecular weight is 253 g/mol. The van der Waals surface area contributed by atoms with Gasteiger partial charge in [0.15, 0.2) is 6.04 Å². The normalized spacial score (nSPS) is 11.9. The van der Waals surface area contributed by atoms with Crippen molar-refractivity contribution in [3.05, 3.63) is 35.1 Å². The molecule has 0 radical (unpaired) electrons. The van der Waals surface area contributed by atoms with E-state index in [1.54, 1.807) is 6.92 Å². The minimum atomic E-state index is -1.16. The summed E-state index contributed by atoms with van der Waals surface area (Å²) < 4.78 is 13.2. The first-order valence-electron chi connectivity index (χ1n) is 5.71. The fraction of sp³-hybridized carbons (Fsp3) is 0.385. The van der Waals surface area contributed by atoms with Gasteiger partial charge in [-0.15, -0.1) is 0 Å². The highest BCUT2D eigenvalue weighted by atomic mass is 19.1. The van der Waals surface area contributed by atoms with E-state index in [-0.39, 0.29) is 0 Å². The van der Waals surface area contributed by atoms with Gasteiger partial charge >= 0.3 is 5.97 Å². The molecule has 4 nitrogen and oxygen atoms in total. The summed E-state index contributed by atoms with van der Waals surface area (Å²) in [6, 6.07) is 2.80. The lowest BCUT2D eigenvalue weighted by molar-refractivity contribution is -0.146. The molecule has 0 saturated carbocycles. The van der Waals surface area contributed by atoms with Crippen LogP contribution in [-0.2, 0) is 9.59 Å². The Labute approximate surface area is 105 Å². The molecular formula is C13H16FNO3. The van der Waals surface area contributed by atoms with Crippen LogP contribution >= 0.6 is 0 Å². The molecule has 0 spiro atoms. The Morgan fingerprint density at radius 3 is 2.72 bits per heavy atom. The van der Waals surface area contributed by atoms with Gasteiger partial charge in [-0.3, -0.25) is 4.79 Å². The smallest absolute Gasteiger partial charge is 0.331 e. The molecule has 1 rings (SSSR count). The van der Waals surface area contributed by atoms with Gasteiger partial charge in [0.2, 0.25) is 6.41 Å². The molecule has 0 heterocycles. The lowest BCUT2D eigenvalue weighted by atomic mass is 10.00. The second kappa shape index (κ2) is 6.14. The van der Waals surface area contributed by atoms with E-state index in [1.165, 1.54) is 23.1 Å². The fourth-order valence-corrected chi connectivity index (χ4v) is 1.86. The monoisotopic (exact) mass is 253 g/mol. The highest BCUT2D eigenvalue weighted by Gasteiger charge is 2.27. The van der Waals surface area contributed by atoms with Gasteiger partial charge in [-0.1, -0.05) is 13.0 Å². The van der Waals surface area contributed by atoms with Gasteiger partial charge in [0.05, 0.1) is 0 Å². The molecule has 1 aromatic rings. The summed E-state index contributed by atoms with van der Waals surface area (Å²) in [4.78, 5) is 23.5. The molecule has 98 valence electrons. The number of carboxylic acids is 1. The summed E-state index contributed by atoms with van der Waals surface area (Å²) in [6.07, 6.45) is 1.13. The molecule has 18 heavy (non-hydrogen) atoms. The molecule has 1 atom stereocenters. The molecule has 0 fully saturated rings. The van der Waals surface area contributed by atoms with Crippen LogP contribution < -0.4 is 0 Å². The van der Waals surface area contributed by atoms with E-state index in [1.807, 2.05) is 6.92 Å². The van der Waals surface area contributed by atoms with Crippen molar-refractivity contribution in [1.29, 1.82) is 0 Å². The molecule has 0 aliphatic carbocycles. The third kappa shape index (κ3) is 3.06. The van der Waals surface area contributed by atoms with Crippen LogP contribution in [0.3, 0.4) is 0 Å². The van der Waals surface area contributed by atoms with Crippen molar-refractivity contribution in [2.24, 2.45) is 0 Å². The van der Waals surface area contributed by atoms with Gasteiger partial charge in [-0.2, -0.15) is 0 Å². The number of hydrogen-bond donors (Lipinski definition) is 1. The molecule has 0 bridgehead atoms. The van der Waals surface area contributed by atoms with Crippen molar-refractivity contribution < 1.29 is 19.1 Å². The predicted molar refractivity (Wildman–Crippen MR) is 64.6 cm³/mol. The summed E-state index contributed by atoms with van der Waals surface area (Å²) >= 11 is 0. The van der Waals surface area contributed by atoms with E-state index in [0.29, 0.717) is 30.5 Å². The average Bonchev–Trinajstić information content (AvgIpc) is 2.32. The third-order valence-electron chi connectivity index (χ3n) is 2.72. The summed E-state index contributed by atoms with van der Waals surface area (Å²) in [6.45, 7) is 3.85. The molecular weight excluding hydrogens is 237 g/mol. The van der Waals surface area contributed by atoms with Gasteiger partial charge in [0, 0.05) is 6.54 Å². The Bertz CT molecular complexity index is 448. The molecule has 0 aromatic heterocycles. The molecule has 0 saturated heterocycles. The lowest BCUT2D eigenvalue weighted by Gasteiger charge is -2.26. The third-order valence-corrected chi connectivity index (χ3v) is 2.72. The highest BCUT2D eigenvalue weighted by Crippen LogP contribution is 2.24. The zero-order valence-electron chi connectivity index (χ0n) is 10.4. The van der Waals surface area contributed by atoms with Crippen LogP contribution in [0.15, 0.2) is 18.2 Å². The van der Waals surface area contributed by atoms with Crippen LogP contribution in [-0.4, -0.2) is 28.9 Å². The number of carbonyl (C=O) groups excluding carboxylic acids is 1. The van der Waals surface area contributed by atoms with E-state index < -0.39 is 17.8 Å². The zero-order chi connectivity index (χ0) is 13.7. The standard InChI is InChI=1S/C13H16FNO3/c1-3-6-15(8-16)12(13(17)18)11-7-10(14)5-4-9(11)2/h4-5,7-8,12H,3,6H2,1-2H3,(H,17,18). The van der Waals surface area contributed by atoms with Crippen LogP contribution in [0.2, 0.25) is 0 Å². The minimum Gasteiger partial charge on any atom is -0.479 e. The zero-order valence-corrected chi connectivity index (χ0v) is 10.4. The largest absolute Gasteiger partial charge is 0.479 e. The van der Waals surface area contributed by atoms with Gasteiger partial charge in [0.1, 0.15) is 5.82 Å². The molecule has 1 aromatic carbocycles. The molecule has 0 aliphatic rings. The fourth-order valence-electron chi connectivity index (χ4n) is 1.86. The molecule has 1 amide bonds. The lowest BCUT2D eigenvalue weighted by Crippen LogP contribution is -2.34. The van der Waals surface area contributed by atoms with Crippen molar-refractivity contribution in [2.45, 2.75) is 26.3 Å². The Hall–Kier alpha value is -1.91. The Morgan fingerprint density at radius 2 is 2.22 bits per heavy atom. The first-order valence-corrected chi connectivity index (χ1v) is 5.71. The Kier molecular flexibility index (Phi) is 4.83. The summed E-state index contributed by atoms with van der Waals surface area (Å²) in [5.41, 5.74) is 0.954. The van der Waals surface area contributed by atoms with Gasteiger partial charge in [0.25, 0.3) is 0 Å². The number of halogens is 1. The van der Waals surface area contributed by atoms with E-state index in [2.05, 4.69) is 0 Å². The van der Waals surface area contributed by atoms with Crippen LogP contribution in [0, 0.1) is 12.7 Å². The maximum absolute atomic E-state index is 13.2. The number of hydrogen-bond acceptors (Lipinski definition) is 2. The number of nitrogens with zero attached hydrogens (tertiary/aromatic N) is 1. The van der Waals surface area contributed by atoms with Crippen LogP contribution in [0.1, 0.15) is 30.5 Å². The SMILES string of the molecule is CCCN(C=O)C(C(=O)O)c1cc(F)ccc1C. The summed E-state index contributed by atoms with van der Waals surface area (Å²) in [5.74, 6) is -1.67. The minimum absolute atomic E-state index is 0.308. The van der Waals surface area contributed by atoms with Crippen LogP contribution in [0.4, 0.5) is 4.39 Å². The second-order valence-corrected chi connectivity index (χ2v) is 4.08. The quantitative estimate of drug-likeness (QED) is 0.790. The number of benzene rings is 1. The maximum Gasteiger partial charge on any atom is 0.331 e. The number of carboxylic acid groups (broad SMARTS) is 1. The van der Waals surface area contributed by atoms with Crippen LogP contribution in [0.5, 0.6) is 0 Å². The Morgan fingerprint density at radius 1 is 1.56 bits per heavy atom. The van der Waals surface area contributed by atoms with Crippen molar-refractivity contribution in [1.82, 2.24) is 4.90 Å².